The number of pyridine rings is 2. The van der Waals surface area contributed by atoms with E-state index in [9.17, 15) is 0 Å². The lowest BCUT2D eigenvalue weighted by Crippen LogP contribution is -2.58. The summed E-state index contributed by atoms with van der Waals surface area (Å²) in [5.41, 5.74) is 9.01. The van der Waals surface area contributed by atoms with Crippen LogP contribution in [-0.4, -0.2) is 60.7 Å². The average Bonchev–Trinajstić information content (AvgIpc) is 3.41. The van der Waals surface area contributed by atoms with E-state index >= 15 is 0 Å². The lowest BCUT2D eigenvalue weighted by Gasteiger charge is -2.46. The molecule has 1 aliphatic rings. The highest BCUT2D eigenvalue weighted by molar-refractivity contribution is 5.90. The van der Waals surface area contributed by atoms with Crippen molar-refractivity contribution >= 4 is 22.5 Å². The van der Waals surface area contributed by atoms with Crippen LogP contribution in [-0.2, 0) is 0 Å². The summed E-state index contributed by atoms with van der Waals surface area (Å²) in [6.45, 7) is 20.1. The molecule has 0 unspecified atom stereocenters. The molecular weight excluding hydrogens is 422 g/mol. The van der Waals surface area contributed by atoms with Gasteiger partial charge in [-0.15, -0.1) is 0 Å². The highest BCUT2D eigenvalue weighted by atomic mass is 15.3. The quantitative estimate of drug-likeness (QED) is 0.447. The van der Waals surface area contributed by atoms with Gasteiger partial charge in [0, 0.05) is 48.5 Å². The Bertz CT molecular complexity index is 1350. The largest absolute Gasteiger partial charge is 0.353 e. The van der Waals surface area contributed by atoms with Crippen molar-refractivity contribution in [2.24, 2.45) is 0 Å². The van der Waals surface area contributed by atoms with Gasteiger partial charge in [0.1, 0.15) is 12.1 Å². The van der Waals surface area contributed by atoms with Crippen LogP contribution in [0.3, 0.4) is 0 Å². The van der Waals surface area contributed by atoms with E-state index in [1.165, 1.54) is 11.1 Å². The van der Waals surface area contributed by atoms with Crippen LogP contribution in [0, 0.1) is 13.8 Å². The SMILES string of the molecule is Cc1c(-c2[nH]c3ccc(N4C[C@H](C)N(C(C)C)C[C@@H]4C)nc3c2C(C)C)cn2ncnc2c1C. The number of fused-ring (bicyclic) bond motifs is 2. The van der Waals surface area contributed by atoms with Crippen LogP contribution < -0.4 is 4.90 Å². The Hall–Kier alpha value is -2.93. The van der Waals surface area contributed by atoms with Gasteiger partial charge in [-0.05, 0) is 70.7 Å². The van der Waals surface area contributed by atoms with E-state index in [-0.39, 0.29) is 0 Å². The first-order valence-electron chi connectivity index (χ1n) is 12.5. The highest BCUT2D eigenvalue weighted by Gasteiger charge is 2.31. The van der Waals surface area contributed by atoms with E-state index in [0.717, 1.165) is 52.4 Å². The van der Waals surface area contributed by atoms with E-state index in [1.807, 2.05) is 4.52 Å². The molecule has 1 saturated heterocycles. The molecule has 4 aromatic heterocycles. The molecule has 0 spiro atoms. The van der Waals surface area contributed by atoms with Crippen molar-refractivity contribution in [3.05, 3.63) is 41.3 Å². The van der Waals surface area contributed by atoms with Crippen molar-refractivity contribution in [1.82, 2.24) is 29.5 Å². The van der Waals surface area contributed by atoms with Gasteiger partial charge in [0.05, 0.1) is 16.7 Å². The normalized spacial score (nSPS) is 19.9. The molecule has 0 amide bonds. The fourth-order valence-electron chi connectivity index (χ4n) is 5.66. The second-order valence-corrected chi connectivity index (χ2v) is 10.6. The molecule has 5 heterocycles. The number of aryl methyl sites for hydroxylation is 1. The molecule has 0 aromatic carbocycles. The van der Waals surface area contributed by atoms with Gasteiger partial charge in [-0.1, -0.05) is 13.8 Å². The summed E-state index contributed by atoms with van der Waals surface area (Å²) >= 11 is 0. The maximum absolute atomic E-state index is 5.27. The van der Waals surface area contributed by atoms with Crippen LogP contribution in [0.25, 0.3) is 27.9 Å². The van der Waals surface area contributed by atoms with Crippen molar-refractivity contribution in [2.75, 3.05) is 18.0 Å². The minimum absolute atomic E-state index is 0.326. The summed E-state index contributed by atoms with van der Waals surface area (Å²) in [7, 11) is 0. The average molecular weight is 460 g/mol. The summed E-state index contributed by atoms with van der Waals surface area (Å²) in [6.07, 6.45) is 3.71. The first-order valence-corrected chi connectivity index (χ1v) is 12.5. The van der Waals surface area contributed by atoms with E-state index in [0.29, 0.717) is 24.0 Å². The number of aromatic nitrogens is 5. The zero-order chi connectivity index (χ0) is 24.3. The molecule has 34 heavy (non-hydrogen) atoms. The zero-order valence-electron chi connectivity index (χ0n) is 21.7. The van der Waals surface area contributed by atoms with E-state index in [2.05, 4.69) is 98.6 Å². The summed E-state index contributed by atoms with van der Waals surface area (Å²) in [4.78, 5) is 18.5. The molecule has 4 aromatic rings. The summed E-state index contributed by atoms with van der Waals surface area (Å²) in [6, 6.07) is 5.86. The van der Waals surface area contributed by atoms with Gasteiger partial charge >= 0.3 is 0 Å². The summed E-state index contributed by atoms with van der Waals surface area (Å²) in [5.74, 6) is 1.40. The zero-order valence-corrected chi connectivity index (χ0v) is 21.7. The molecule has 5 rings (SSSR count). The maximum atomic E-state index is 5.27. The van der Waals surface area contributed by atoms with Crippen LogP contribution >= 0.6 is 0 Å². The van der Waals surface area contributed by atoms with Crippen LogP contribution in [0.4, 0.5) is 5.82 Å². The van der Waals surface area contributed by atoms with Crippen LogP contribution in [0.2, 0.25) is 0 Å². The highest BCUT2D eigenvalue weighted by Crippen LogP contribution is 2.38. The van der Waals surface area contributed by atoms with Crippen molar-refractivity contribution < 1.29 is 0 Å². The minimum atomic E-state index is 0.326. The number of hydrogen-bond acceptors (Lipinski definition) is 5. The smallest absolute Gasteiger partial charge is 0.158 e. The predicted octanol–water partition coefficient (Wildman–Crippen LogP) is 5.32. The van der Waals surface area contributed by atoms with E-state index < -0.39 is 0 Å². The van der Waals surface area contributed by atoms with E-state index in [4.69, 9.17) is 4.98 Å². The molecule has 180 valence electrons. The molecule has 2 atom stereocenters. The maximum Gasteiger partial charge on any atom is 0.158 e. The van der Waals surface area contributed by atoms with Crippen LogP contribution in [0.15, 0.2) is 24.7 Å². The van der Waals surface area contributed by atoms with Crippen molar-refractivity contribution in [2.45, 2.75) is 79.4 Å². The Balaban J connectivity index is 1.62. The first kappa shape index (κ1) is 22.8. The van der Waals surface area contributed by atoms with Gasteiger partial charge in [0.25, 0.3) is 0 Å². The Labute approximate surface area is 202 Å². The third-order valence-electron chi connectivity index (χ3n) is 7.63. The number of H-pyrrole nitrogens is 1. The fraction of sp³-hybridized carbons (Fsp3) is 0.519. The molecule has 1 aliphatic heterocycles. The van der Waals surface area contributed by atoms with Crippen LogP contribution in [0.1, 0.15) is 64.2 Å². The van der Waals surface area contributed by atoms with Gasteiger partial charge in [-0.3, -0.25) is 4.90 Å². The number of anilines is 1. The van der Waals surface area contributed by atoms with Crippen molar-refractivity contribution in [1.29, 1.82) is 0 Å². The molecule has 0 aliphatic carbocycles. The number of aromatic amines is 1. The fourth-order valence-corrected chi connectivity index (χ4v) is 5.66. The van der Waals surface area contributed by atoms with Crippen molar-refractivity contribution in [3.63, 3.8) is 0 Å². The van der Waals surface area contributed by atoms with Gasteiger partial charge in [-0.25, -0.2) is 14.5 Å². The summed E-state index contributed by atoms with van der Waals surface area (Å²) in [5, 5.41) is 4.41. The molecule has 0 radical (unpaired) electrons. The molecule has 0 bridgehead atoms. The second-order valence-electron chi connectivity index (χ2n) is 10.6. The summed E-state index contributed by atoms with van der Waals surface area (Å²) < 4.78 is 1.88. The number of nitrogens with one attached hydrogen (secondary N) is 1. The standard InChI is InChI=1S/C27H37N7/c1-15(2)24-25(21-13-34-27(28-14-29-34)20(8)19(21)7)30-22-9-10-23(31-26(22)24)33-12-17(5)32(16(3)4)11-18(33)6/h9-10,13-18,30H,11-12H2,1-8H3/t17-,18-/m0/s1. The first-order chi connectivity index (χ1) is 16.2. The Morgan fingerprint density at radius 2 is 1.76 bits per heavy atom. The molecule has 1 fully saturated rings. The number of hydrogen-bond donors (Lipinski definition) is 1. The molecule has 7 nitrogen and oxygen atoms in total. The second kappa shape index (κ2) is 8.38. The third kappa shape index (κ3) is 3.57. The Morgan fingerprint density at radius 1 is 1.00 bits per heavy atom. The van der Waals surface area contributed by atoms with Gasteiger partial charge in [-0.2, -0.15) is 5.10 Å². The molecular formula is C27H37N7. The van der Waals surface area contributed by atoms with Gasteiger partial charge in [0.2, 0.25) is 0 Å². The van der Waals surface area contributed by atoms with Crippen LogP contribution in [0.5, 0.6) is 0 Å². The molecule has 1 N–H and O–H groups in total. The topological polar surface area (TPSA) is 65.4 Å². The monoisotopic (exact) mass is 459 g/mol. The predicted molar refractivity (Wildman–Crippen MR) is 140 cm³/mol. The number of rotatable bonds is 4. The molecule has 0 saturated carbocycles. The molecule has 7 heteroatoms. The Kier molecular flexibility index (Phi) is 5.63. The number of piperazine rings is 1. The Morgan fingerprint density at radius 3 is 2.47 bits per heavy atom. The minimum Gasteiger partial charge on any atom is -0.353 e. The van der Waals surface area contributed by atoms with E-state index in [1.54, 1.807) is 6.33 Å². The number of nitrogens with zero attached hydrogens (tertiary/aromatic N) is 6. The van der Waals surface area contributed by atoms with Gasteiger partial charge in [0.15, 0.2) is 5.65 Å². The van der Waals surface area contributed by atoms with Crippen molar-refractivity contribution in [3.8, 4) is 11.3 Å². The van der Waals surface area contributed by atoms with Gasteiger partial charge < -0.3 is 9.88 Å². The third-order valence-corrected chi connectivity index (χ3v) is 7.63. The lowest BCUT2D eigenvalue weighted by molar-refractivity contribution is 0.128. The lowest BCUT2D eigenvalue weighted by atomic mass is 9.95.